The van der Waals surface area contributed by atoms with Crippen molar-refractivity contribution in [2.24, 2.45) is 12.5 Å². The van der Waals surface area contributed by atoms with Crippen molar-refractivity contribution in [1.82, 2.24) is 20.0 Å². The third kappa shape index (κ3) is 2.95. The minimum absolute atomic E-state index is 0.108. The van der Waals surface area contributed by atoms with E-state index in [-0.39, 0.29) is 17.9 Å². The maximum Gasteiger partial charge on any atom is 0.274 e. The predicted molar refractivity (Wildman–Crippen MR) is 96.4 cm³/mol. The number of hydrogen-bond acceptors (Lipinski definition) is 4. The summed E-state index contributed by atoms with van der Waals surface area (Å²) in [6.45, 7) is 3.83. The van der Waals surface area contributed by atoms with E-state index in [9.17, 15) is 9.59 Å². The van der Waals surface area contributed by atoms with Gasteiger partial charge in [0.05, 0.1) is 17.5 Å². The summed E-state index contributed by atoms with van der Waals surface area (Å²) in [5.74, 6) is 0.108. The van der Waals surface area contributed by atoms with Crippen LogP contribution in [-0.2, 0) is 18.3 Å². The molecule has 0 saturated carbocycles. The highest BCUT2D eigenvalue weighted by Gasteiger charge is 2.38. The van der Waals surface area contributed by atoms with Gasteiger partial charge in [0, 0.05) is 32.1 Å². The number of piperidine rings is 1. The first kappa shape index (κ1) is 16.3. The molecule has 0 unspecified atom stereocenters. The second kappa shape index (κ2) is 6.26. The third-order valence-corrected chi connectivity index (χ3v) is 5.86. The van der Waals surface area contributed by atoms with Crippen LogP contribution in [0.1, 0.15) is 25.0 Å². The largest absolute Gasteiger partial charge is 0.342 e. The van der Waals surface area contributed by atoms with Crippen molar-refractivity contribution in [1.29, 1.82) is 0 Å². The molecule has 2 aliphatic rings. The average Bonchev–Trinajstić information content (AvgIpc) is 3.08. The van der Waals surface area contributed by atoms with Gasteiger partial charge < -0.3 is 10.2 Å². The van der Waals surface area contributed by atoms with Gasteiger partial charge in [-0.3, -0.25) is 9.59 Å². The molecular formula is C19H24N4O2. The number of rotatable bonds is 2. The number of carbonyl (C=O) groups excluding carboxylic acids is 1. The molecule has 4 rings (SSSR count). The van der Waals surface area contributed by atoms with Crippen molar-refractivity contribution < 1.29 is 4.79 Å². The number of carbonyl (C=O) groups is 1. The molecule has 25 heavy (non-hydrogen) atoms. The van der Waals surface area contributed by atoms with Crippen LogP contribution in [0.3, 0.4) is 0 Å². The molecule has 6 nitrogen and oxygen atoms in total. The molecule has 6 heteroatoms. The van der Waals surface area contributed by atoms with E-state index < -0.39 is 0 Å². The van der Waals surface area contributed by atoms with Crippen LogP contribution in [-0.4, -0.2) is 46.8 Å². The summed E-state index contributed by atoms with van der Waals surface area (Å²) in [6, 6.07) is 7.40. The molecule has 1 amide bonds. The molecule has 1 N–H and O–H groups in total. The second-order valence-electron chi connectivity index (χ2n) is 7.41. The van der Waals surface area contributed by atoms with Crippen LogP contribution in [0.2, 0.25) is 0 Å². The van der Waals surface area contributed by atoms with Crippen molar-refractivity contribution in [3.8, 4) is 0 Å². The van der Waals surface area contributed by atoms with Gasteiger partial charge in [0.2, 0.25) is 5.91 Å². The lowest BCUT2D eigenvalue weighted by Gasteiger charge is -2.38. The van der Waals surface area contributed by atoms with Gasteiger partial charge in [-0.1, -0.05) is 18.2 Å². The Morgan fingerprint density at radius 3 is 2.60 bits per heavy atom. The fourth-order valence-corrected chi connectivity index (χ4v) is 4.21. The second-order valence-corrected chi connectivity index (χ2v) is 7.41. The molecule has 2 fully saturated rings. The first-order valence-electron chi connectivity index (χ1n) is 9.01. The van der Waals surface area contributed by atoms with Crippen LogP contribution in [0.15, 0.2) is 29.1 Å². The van der Waals surface area contributed by atoms with Gasteiger partial charge in [0.1, 0.15) is 0 Å². The number of nitrogens with zero attached hydrogens (tertiary/aromatic N) is 3. The predicted octanol–water partition coefficient (Wildman–Crippen LogP) is 1.08. The molecule has 2 aromatic rings. The van der Waals surface area contributed by atoms with E-state index in [1.54, 1.807) is 13.1 Å². The van der Waals surface area contributed by atoms with Gasteiger partial charge in [0.15, 0.2) is 0 Å². The molecule has 1 aromatic heterocycles. The highest BCUT2D eigenvalue weighted by molar-refractivity contribution is 5.88. The highest BCUT2D eigenvalue weighted by atomic mass is 16.2. The molecule has 1 spiro atoms. The summed E-state index contributed by atoms with van der Waals surface area (Å²) < 4.78 is 1.33. The van der Waals surface area contributed by atoms with Crippen LogP contribution in [0.25, 0.3) is 10.8 Å². The Labute approximate surface area is 146 Å². The lowest BCUT2D eigenvalue weighted by molar-refractivity contribution is -0.132. The molecule has 1 aromatic carbocycles. The van der Waals surface area contributed by atoms with E-state index in [1.165, 1.54) is 11.1 Å². The van der Waals surface area contributed by atoms with Crippen LogP contribution < -0.4 is 10.9 Å². The maximum absolute atomic E-state index is 12.8. The van der Waals surface area contributed by atoms with Crippen molar-refractivity contribution in [2.75, 3.05) is 26.2 Å². The molecular weight excluding hydrogens is 316 g/mol. The number of nitrogens with one attached hydrogen (secondary N) is 1. The van der Waals surface area contributed by atoms with Gasteiger partial charge >= 0.3 is 0 Å². The summed E-state index contributed by atoms with van der Waals surface area (Å²) in [5.41, 5.74) is 0.962. The quantitative estimate of drug-likeness (QED) is 0.888. The number of aryl methyl sites for hydroxylation is 1. The number of benzene rings is 1. The molecule has 3 heterocycles. The normalized spacial score (nSPS) is 19.6. The summed E-state index contributed by atoms with van der Waals surface area (Å²) in [6.07, 6.45) is 3.63. The minimum Gasteiger partial charge on any atom is -0.342 e. The number of aromatic nitrogens is 2. The highest BCUT2D eigenvalue weighted by Crippen LogP contribution is 2.37. The Bertz CT molecular complexity index is 857. The topological polar surface area (TPSA) is 67.2 Å². The van der Waals surface area contributed by atoms with E-state index in [0.717, 1.165) is 44.4 Å². The maximum atomic E-state index is 12.8. The average molecular weight is 340 g/mol. The van der Waals surface area contributed by atoms with E-state index >= 15 is 0 Å². The molecule has 0 radical (unpaired) electrons. The lowest BCUT2D eigenvalue weighted by Crippen LogP contribution is -2.44. The fraction of sp³-hybridized carbons (Fsp3) is 0.526. The fourth-order valence-electron chi connectivity index (χ4n) is 4.21. The Kier molecular flexibility index (Phi) is 4.07. The molecule has 0 aliphatic carbocycles. The Morgan fingerprint density at radius 1 is 1.20 bits per heavy atom. The Hall–Kier alpha value is -2.21. The first-order valence-corrected chi connectivity index (χ1v) is 9.01. The van der Waals surface area contributed by atoms with Crippen LogP contribution in [0.4, 0.5) is 0 Å². The van der Waals surface area contributed by atoms with Gasteiger partial charge in [-0.2, -0.15) is 5.10 Å². The van der Waals surface area contributed by atoms with E-state index in [1.807, 2.05) is 23.1 Å². The zero-order valence-electron chi connectivity index (χ0n) is 14.6. The van der Waals surface area contributed by atoms with Crippen molar-refractivity contribution in [3.05, 3.63) is 40.3 Å². The van der Waals surface area contributed by atoms with Crippen LogP contribution >= 0.6 is 0 Å². The van der Waals surface area contributed by atoms with Gasteiger partial charge in [0.25, 0.3) is 5.56 Å². The molecule has 0 atom stereocenters. The van der Waals surface area contributed by atoms with Crippen LogP contribution in [0.5, 0.6) is 0 Å². The zero-order chi connectivity index (χ0) is 17.4. The number of hydrogen-bond donors (Lipinski definition) is 1. The SMILES string of the molecule is Cn1nc(CC(=O)N2CCC3(CCNC3)CC2)c2ccccc2c1=O. The van der Waals surface area contributed by atoms with Gasteiger partial charge in [-0.15, -0.1) is 0 Å². The molecule has 0 bridgehead atoms. The monoisotopic (exact) mass is 340 g/mol. The van der Waals surface area contributed by atoms with Gasteiger partial charge in [-0.25, -0.2) is 4.68 Å². The minimum atomic E-state index is -0.125. The molecule has 2 aliphatic heterocycles. The Morgan fingerprint density at radius 2 is 1.92 bits per heavy atom. The van der Waals surface area contributed by atoms with E-state index in [4.69, 9.17) is 0 Å². The summed E-state index contributed by atoms with van der Waals surface area (Å²) in [7, 11) is 1.64. The summed E-state index contributed by atoms with van der Waals surface area (Å²) in [4.78, 5) is 27.0. The van der Waals surface area contributed by atoms with Gasteiger partial charge in [-0.05, 0) is 37.3 Å². The molecule has 2 saturated heterocycles. The van der Waals surface area contributed by atoms with Crippen molar-refractivity contribution in [3.63, 3.8) is 0 Å². The first-order chi connectivity index (χ1) is 12.1. The summed E-state index contributed by atoms with van der Waals surface area (Å²) >= 11 is 0. The third-order valence-electron chi connectivity index (χ3n) is 5.86. The van der Waals surface area contributed by atoms with Crippen molar-refractivity contribution in [2.45, 2.75) is 25.7 Å². The standard InChI is InChI=1S/C19H24N4O2/c1-22-18(25)15-5-3-2-4-14(15)16(21-22)12-17(24)23-10-7-19(8-11-23)6-9-20-13-19/h2-5,20H,6-13H2,1H3. The number of fused-ring (bicyclic) bond motifs is 1. The Balaban J connectivity index is 1.53. The van der Waals surface area contributed by atoms with Crippen molar-refractivity contribution >= 4 is 16.7 Å². The van der Waals surface area contributed by atoms with E-state index in [0.29, 0.717) is 16.5 Å². The number of likely N-dealkylation sites (tertiary alicyclic amines) is 1. The zero-order valence-corrected chi connectivity index (χ0v) is 14.6. The lowest BCUT2D eigenvalue weighted by atomic mass is 9.78. The number of amides is 1. The van der Waals surface area contributed by atoms with Crippen LogP contribution in [0, 0.1) is 5.41 Å². The smallest absolute Gasteiger partial charge is 0.274 e. The molecule has 132 valence electrons. The van der Waals surface area contributed by atoms with E-state index in [2.05, 4.69) is 10.4 Å². The summed E-state index contributed by atoms with van der Waals surface area (Å²) in [5, 5.41) is 9.21.